The number of aromatic nitrogens is 4. The summed E-state index contributed by atoms with van der Waals surface area (Å²) in [6.07, 6.45) is 3.36. The highest BCUT2D eigenvalue weighted by atomic mass is 32.2. The van der Waals surface area contributed by atoms with E-state index < -0.39 is 6.03 Å². The Balaban J connectivity index is 1.45. The van der Waals surface area contributed by atoms with Gasteiger partial charge in [0.1, 0.15) is 12.1 Å². The van der Waals surface area contributed by atoms with Gasteiger partial charge in [-0.05, 0) is 31.2 Å². The standard InChI is InChI=1S/C23H22N6O3S2/c1-14-8-9-18(17(10-14)20(30)16-6-4-5-7-19(16)32-3)26-21(31)27-22-24-11-15(34-22)12-33-23-28-25-13-29(23)2/h4-11,13H,12H2,1-3H3,(H2,24,26,27,31). The van der Waals surface area contributed by atoms with Crippen LogP contribution in [-0.4, -0.2) is 38.7 Å². The van der Waals surface area contributed by atoms with Crippen molar-refractivity contribution in [2.45, 2.75) is 17.8 Å². The number of ether oxygens (including phenoxy) is 1. The summed E-state index contributed by atoms with van der Waals surface area (Å²) in [5, 5.41) is 14.7. The van der Waals surface area contributed by atoms with Crippen molar-refractivity contribution in [1.29, 1.82) is 0 Å². The Bertz CT molecular complexity index is 1330. The number of thioether (sulfide) groups is 1. The third-order valence-corrected chi connectivity index (χ3v) is 6.99. The molecule has 4 aromatic rings. The molecule has 2 amide bonds. The number of ketones is 1. The lowest BCUT2D eigenvalue weighted by atomic mass is 9.99. The molecule has 2 heterocycles. The molecule has 0 spiro atoms. The molecule has 0 aliphatic rings. The highest BCUT2D eigenvalue weighted by molar-refractivity contribution is 7.98. The molecular weight excluding hydrogens is 472 g/mol. The molecule has 11 heteroatoms. The van der Waals surface area contributed by atoms with Crippen LogP contribution in [-0.2, 0) is 12.8 Å². The average molecular weight is 495 g/mol. The first-order chi connectivity index (χ1) is 16.4. The Hall–Kier alpha value is -3.70. The maximum Gasteiger partial charge on any atom is 0.325 e. The number of urea groups is 1. The second kappa shape index (κ2) is 10.5. The molecule has 0 radical (unpaired) electrons. The Morgan fingerprint density at radius 3 is 2.74 bits per heavy atom. The normalized spacial score (nSPS) is 10.7. The molecule has 0 aliphatic carbocycles. The predicted molar refractivity (Wildman–Crippen MR) is 133 cm³/mol. The maximum absolute atomic E-state index is 13.3. The summed E-state index contributed by atoms with van der Waals surface area (Å²) >= 11 is 2.90. The van der Waals surface area contributed by atoms with Crippen LogP contribution in [0.15, 0.2) is 60.1 Å². The molecule has 0 unspecified atom stereocenters. The van der Waals surface area contributed by atoms with Crippen molar-refractivity contribution in [2.75, 3.05) is 17.7 Å². The number of thiazole rings is 1. The third kappa shape index (κ3) is 5.43. The van der Waals surface area contributed by atoms with Gasteiger partial charge in [-0.3, -0.25) is 10.1 Å². The minimum atomic E-state index is -0.486. The number of benzene rings is 2. The first kappa shape index (κ1) is 23.5. The number of aryl methyl sites for hydroxylation is 2. The highest BCUT2D eigenvalue weighted by Crippen LogP contribution is 2.28. The number of hydrogen-bond donors (Lipinski definition) is 2. The number of carbonyl (C=O) groups is 2. The lowest BCUT2D eigenvalue weighted by Crippen LogP contribution is -2.21. The second-order valence-corrected chi connectivity index (χ2v) is 9.36. The monoisotopic (exact) mass is 494 g/mol. The van der Waals surface area contributed by atoms with E-state index in [0.29, 0.717) is 33.4 Å². The van der Waals surface area contributed by atoms with Crippen molar-refractivity contribution < 1.29 is 14.3 Å². The fourth-order valence-electron chi connectivity index (χ4n) is 3.15. The largest absolute Gasteiger partial charge is 0.496 e. The summed E-state index contributed by atoms with van der Waals surface area (Å²) in [5.74, 6) is 0.885. The van der Waals surface area contributed by atoms with Gasteiger partial charge in [-0.2, -0.15) is 0 Å². The molecule has 2 aromatic carbocycles. The Kier molecular flexibility index (Phi) is 7.24. The van der Waals surface area contributed by atoms with E-state index in [1.54, 1.807) is 48.9 Å². The van der Waals surface area contributed by atoms with Crippen molar-refractivity contribution in [3.8, 4) is 5.75 Å². The zero-order valence-corrected chi connectivity index (χ0v) is 20.4. The van der Waals surface area contributed by atoms with Gasteiger partial charge < -0.3 is 14.6 Å². The van der Waals surface area contributed by atoms with Crippen LogP contribution in [0.4, 0.5) is 15.6 Å². The number of carbonyl (C=O) groups excluding carboxylic acids is 2. The van der Waals surface area contributed by atoms with Gasteiger partial charge >= 0.3 is 6.03 Å². The van der Waals surface area contributed by atoms with Gasteiger partial charge in [-0.25, -0.2) is 9.78 Å². The molecular formula is C23H22N6O3S2. The number of nitrogens with zero attached hydrogens (tertiary/aromatic N) is 4. The minimum Gasteiger partial charge on any atom is -0.496 e. The van der Waals surface area contributed by atoms with E-state index in [-0.39, 0.29) is 5.78 Å². The summed E-state index contributed by atoms with van der Waals surface area (Å²) in [5.41, 5.74) is 2.09. The highest BCUT2D eigenvalue weighted by Gasteiger charge is 2.19. The number of rotatable bonds is 8. The average Bonchev–Trinajstić information content (AvgIpc) is 3.46. The predicted octanol–water partition coefficient (Wildman–Crippen LogP) is 4.76. The summed E-state index contributed by atoms with van der Waals surface area (Å²) in [6, 6.07) is 11.8. The molecule has 9 nitrogen and oxygen atoms in total. The van der Waals surface area contributed by atoms with Crippen molar-refractivity contribution in [2.24, 2.45) is 7.05 Å². The van der Waals surface area contributed by atoms with Gasteiger partial charge in [0.05, 0.1) is 18.4 Å². The molecule has 0 saturated carbocycles. The molecule has 174 valence electrons. The van der Waals surface area contributed by atoms with E-state index >= 15 is 0 Å². The van der Waals surface area contributed by atoms with Gasteiger partial charge in [0, 0.05) is 29.4 Å². The molecule has 2 N–H and O–H groups in total. The Labute approximate surface area is 204 Å². The van der Waals surface area contributed by atoms with Crippen LogP contribution in [0.2, 0.25) is 0 Å². The van der Waals surface area contributed by atoms with Crippen molar-refractivity contribution in [3.63, 3.8) is 0 Å². The van der Waals surface area contributed by atoms with Crippen LogP contribution >= 0.6 is 23.1 Å². The molecule has 0 fully saturated rings. The number of amides is 2. The molecule has 34 heavy (non-hydrogen) atoms. The fourth-order valence-corrected chi connectivity index (χ4v) is 4.87. The number of methoxy groups -OCH3 is 1. The maximum atomic E-state index is 13.3. The molecule has 4 rings (SSSR count). The second-order valence-electron chi connectivity index (χ2n) is 7.30. The topological polar surface area (TPSA) is 111 Å². The van der Waals surface area contributed by atoms with Gasteiger partial charge in [0.15, 0.2) is 16.1 Å². The molecule has 0 saturated heterocycles. The lowest BCUT2D eigenvalue weighted by Gasteiger charge is -2.13. The van der Waals surface area contributed by atoms with Crippen LogP contribution in [0.25, 0.3) is 0 Å². The van der Waals surface area contributed by atoms with Crippen molar-refractivity contribution >= 4 is 45.7 Å². The fraction of sp³-hybridized carbons (Fsp3) is 0.174. The molecule has 0 atom stereocenters. The summed E-state index contributed by atoms with van der Waals surface area (Å²) < 4.78 is 7.17. The smallest absolute Gasteiger partial charge is 0.325 e. The number of anilines is 2. The quantitative estimate of drug-likeness (QED) is 0.268. The summed E-state index contributed by atoms with van der Waals surface area (Å²) in [7, 11) is 3.40. The first-order valence-corrected chi connectivity index (χ1v) is 12.0. The van der Waals surface area contributed by atoms with E-state index in [1.807, 2.05) is 24.6 Å². The summed E-state index contributed by atoms with van der Waals surface area (Å²) in [4.78, 5) is 31.2. The van der Waals surface area contributed by atoms with Crippen LogP contribution in [0.3, 0.4) is 0 Å². The summed E-state index contributed by atoms with van der Waals surface area (Å²) in [6.45, 7) is 1.89. The molecule has 0 aliphatic heterocycles. The van der Waals surface area contributed by atoms with Crippen LogP contribution in [0, 0.1) is 6.92 Å². The first-order valence-electron chi connectivity index (χ1n) is 10.2. The van der Waals surface area contributed by atoms with E-state index in [1.165, 1.54) is 30.2 Å². The number of hydrogen-bond acceptors (Lipinski definition) is 8. The zero-order chi connectivity index (χ0) is 24.1. The van der Waals surface area contributed by atoms with E-state index in [2.05, 4.69) is 25.8 Å². The third-order valence-electron chi connectivity index (χ3n) is 4.81. The van der Waals surface area contributed by atoms with Crippen LogP contribution in [0.5, 0.6) is 5.75 Å². The van der Waals surface area contributed by atoms with Gasteiger partial charge in [0.25, 0.3) is 0 Å². The lowest BCUT2D eigenvalue weighted by molar-refractivity contribution is 0.103. The number of para-hydroxylation sites is 1. The Morgan fingerprint density at radius 2 is 1.97 bits per heavy atom. The van der Waals surface area contributed by atoms with Crippen LogP contribution < -0.4 is 15.4 Å². The Morgan fingerprint density at radius 1 is 1.15 bits per heavy atom. The van der Waals surface area contributed by atoms with Gasteiger partial charge in [-0.15, -0.1) is 21.5 Å². The van der Waals surface area contributed by atoms with Crippen LogP contribution in [0.1, 0.15) is 26.4 Å². The van der Waals surface area contributed by atoms with E-state index in [4.69, 9.17) is 4.74 Å². The van der Waals surface area contributed by atoms with Gasteiger partial charge in [0.2, 0.25) is 0 Å². The van der Waals surface area contributed by atoms with E-state index in [9.17, 15) is 9.59 Å². The van der Waals surface area contributed by atoms with Crippen molar-refractivity contribution in [3.05, 3.63) is 76.6 Å². The molecule has 2 aromatic heterocycles. The minimum absolute atomic E-state index is 0.242. The van der Waals surface area contributed by atoms with Gasteiger partial charge in [-0.1, -0.05) is 35.5 Å². The number of nitrogens with one attached hydrogen (secondary N) is 2. The molecule has 0 bridgehead atoms. The van der Waals surface area contributed by atoms with E-state index in [0.717, 1.165) is 15.6 Å². The zero-order valence-electron chi connectivity index (χ0n) is 18.7. The van der Waals surface area contributed by atoms with Crippen molar-refractivity contribution in [1.82, 2.24) is 19.7 Å². The SMILES string of the molecule is COc1ccccc1C(=O)c1cc(C)ccc1NC(=O)Nc1ncc(CSc2nncn2C)s1.